The first-order chi connectivity index (χ1) is 11.7. The maximum Gasteiger partial charge on any atom is 0.410 e. The molecule has 0 saturated carbocycles. The highest BCUT2D eigenvalue weighted by atomic mass is 32.2. The van der Waals surface area contributed by atoms with E-state index in [9.17, 15) is 19.1 Å². The number of hydrogen-bond donors (Lipinski definition) is 0. The predicted octanol–water partition coefficient (Wildman–Crippen LogP) is 2.74. The SMILES string of the molecule is CC(C)(C)OC(=O)N1CCC(C[S@@](=O)c2ccc([N+](=O)[O-])cn2)CC1. The zero-order chi connectivity index (χ0) is 18.6. The van der Waals surface area contributed by atoms with Crippen molar-refractivity contribution in [2.24, 2.45) is 5.92 Å². The molecule has 1 saturated heterocycles. The zero-order valence-corrected chi connectivity index (χ0v) is 15.5. The fourth-order valence-electron chi connectivity index (χ4n) is 2.52. The lowest BCUT2D eigenvalue weighted by Gasteiger charge is -2.33. The van der Waals surface area contributed by atoms with Gasteiger partial charge in [-0.3, -0.25) is 14.3 Å². The molecule has 0 aliphatic carbocycles. The fraction of sp³-hybridized carbons (Fsp3) is 0.625. The Balaban J connectivity index is 1.84. The van der Waals surface area contributed by atoms with Gasteiger partial charge in [-0.1, -0.05) is 0 Å². The van der Waals surface area contributed by atoms with Gasteiger partial charge in [0.2, 0.25) is 0 Å². The number of ether oxygens (including phenoxy) is 1. The third-order valence-electron chi connectivity index (χ3n) is 3.82. The van der Waals surface area contributed by atoms with Crippen LogP contribution in [-0.2, 0) is 15.5 Å². The smallest absolute Gasteiger partial charge is 0.410 e. The summed E-state index contributed by atoms with van der Waals surface area (Å²) < 4.78 is 17.7. The number of nitrogens with zero attached hydrogens (tertiary/aromatic N) is 3. The number of carbonyl (C=O) groups excluding carboxylic acids is 1. The molecule has 1 amide bonds. The first kappa shape index (κ1) is 19.3. The third-order valence-corrected chi connectivity index (χ3v) is 5.30. The molecule has 2 heterocycles. The minimum atomic E-state index is -1.31. The summed E-state index contributed by atoms with van der Waals surface area (Å²) in [5.41, 5.74) is -0.636. The van der Waals surface area contributed by atoms with Gasteiger partial charge >= 0.3 is 6.09 Å². The monoisotopic (exact) mass is 369 g/mol. The maximum atomic E-state index is 12.4. The van der Waals surface area contributed by atoms with Crippen LogP contribution in [0.15, 0.2) is 23.4 Å². The van der Waals surface area contributed by atoms with Crippen molar-refractivity contribution in [1.82, 2.24) is 9.88 Å². The number of carbonyl (C=O) groups is 1. The van der Waals surface area contributed by atoms with Crippen LogP contribution in [0, 0.1) is 16.0 Å². The average molecular weight is 369 g/mol. The van der Waals surface area contributed by atoms with Crippen LogP contribution >= 0.6 is 0 Å². The Morgan fingerprint density at radius 3 is 2.52 bits per heavy atom. The van der Waals surface area contributed by atoms with Crippen molar-refractivity contribution in [1.29, 1.82) is 0 Å². The number of aromatic nitrogens is 1. The summed E-state index contributed by atoms with van der Waals surface area (Å²) in [5, 5.41) is 11.0. The molecule has 138 valence electrons. The minimum Gasteiger partial charge on any atom is -0.444 e. The van der Waals surface area contributed by atoms with Gasteiger partial charge in [0.15, 0.2) is 0 Å². The van der Waals surface area contributed by atoms with Crippen molar-refractivity contribution in [3.63, 3.8) is 0 Å². The molecule has 1 aromatic rings. The number of hydrogen-bond acceptors (Lipinski definition) is 6. The van der Waals surface area contributed by atoms with Gasteiger partial charge in [0.25, 0.3) is 5.69 Å². The molecule has 8 nitrogen and oxygen atoms in total. The van der Waals surface area contributed by atoms with Crippen LogP contribution in [0.4, 0.5) is 10.5 Å². The van der Waals surface area contributed by atoms with E-state index in [0.29, 0.717) is 23.9 Å². The van der Waals surface area contributed by atoms with Crippen LogP contribution in [0.1, 0.15) is 33.6 Å². The number of likely N-dealkylation sites (tertiary alicyclic amines) is 1. The molecule has 25 heavy (non-hydrogen) atoms. The molecule has 1 aromatic heterocycles. The Morgan fingerprint density at radius 2 is 2.04 bits per heavy atom. The van der Waals surface area contributed by atoms with E-state index in [2.05, 4.69) is 4.98 Å². The summed E-state index contributed by atoms with van der Waals surface area (Å²) >= 11 is 0. The van der Waals surface area contributed by atoms with Gasteiger partial charge < -0.3 is 9.64 Å². The molecule has 1 aliphatic rings. The molecule has 2 rings (SSSR count). The van der Waals surface area contributed by atoms with Crippen LogP contribution in [0.25, 0.3) is 0 Å². The lowest BCUT2D eigenvalue weighted by molar-refractivity contribution is -0.385. The van der Waals surface area contributed by atoms with Crippen molar-refractivity contribution in [2.45, 2.75) is 44.2 Å². The molecular formula is C16H23N3O5S. The molecule has 1 aliphatic heterocycles. The quantitative estimate of drug-likeness (QED) is 0.597. The maximum absolute atomic E-state index is 12.4. The molecule has 0 N–H and O–H groups in total. The van der Waals surface area contributed by atoms with E-state index in [1.165, 1.54) is 12.1 Å². The van der Waals surface area contributed by atoms with Crippen LogP contribution in [0.2, 0.25) is 0 Å². The van der Waals surface area contributed by atoms with E-state index in [1.807, 2.05) is 20.8 Å². The molecule has 0 unspecified atom stereocenters. The third kappa shape index (κ3) is 5.77. The zero-order valence-electron chi connectivity index (χ0n) is 14.6. The Labute approximate surface area is 149 Å². The minimum absolute atomic E-state index is 0.119. The fourth-order valence-corrected chi connectivity index (χ4v) is 3.85. The highest BCUT2D eigenvalue weighted by Crippen LogP contribution is 2.22. The van der Waals surface area contributed by atoms with Gasteiger partial charge in [0, 0.05) is 24.9 Å². The number of nitro groups is 1. The normalized spacial score (nSPS) is 17.2. The molecule has 0 radical (unpaired) electrons. The second-order valence-corrected chi connectivity index (χ2v) is 8.48. The van der Waals surface area contributed by atoms with Gasteiger partial charge in [-0.15, -0.1) is 0 Å². The van der Waals surface area contributed by atoms with E-state index in [-0.39, 0.29) is 17.7 Å². The van der Waals surface area contributed by atoms with E-state index in [0.717, 1.165) is 19.0 Å². The molecule has 0 spiro atoms. The Hall–Kier alpha value is -2.03. The summed E-state index contributed by atoms with van der Waals surface area (Å²) in [4.78, 5) is 27.7. The van der Waals surface area contributed by atoms with E-state index in [1.54, 1.807) is 4.90 Å². The largest absolute Gasteiger partial charge is 0.444 e. The van der Waals surface area contributed by atoms with Crippen molar-refractivity contribution in [2.75, 3.05) is 18.8 Å². The van der Waals surface area contributed by atoms with Crippen molar-refractivity contribution < 1.29 is 18.7 Å². The van der Waals surface area contributed by atoms with Gasteiger partial charge in [0.05, 0.1) is 15.7 Å². The van der Waals surface area contributed by atoms with Crippen LogP contribution in [0.3, 0.4) is 0 Å². The topological polar surface area (TPSA) is 103 Å². The first-order valence-electron chi connectivity index (χ1n) is 8.12. The Bertz CT molecular complexity index is 649. The first-order valence-corrected chi connectivity index (χ1v) is 9.44. The molecule has 1 atom stereocenters. The van der Waals surface area contributed by atoms with Crippen molar-refractivity contribution in [3.8, 4) is 0 Å². The standard InChI is InChI=1S/C16H23N3O5S/c1-16(2,3)24-15(20)18-8-6-12(7-9-18)11-25(23)14-5-4-13(10-17-14)19(21)22/h4-5,10,12H,6-9,11H2,1-3H3/t25-/m1/s1. The van der Waals surface area contributed by atoms with Gasteiger partial charge in [-0.25, -0.2) is 9.78 Å². The van der Waals surface area contributed by atoms with Gasteiger partial charge in [-0.05, 0) is 45.6 Å². The predicted molar refractivity (Wildman–Crippen MR) is 92.7 cm³/mol. The second kappa shape index (κ2) is 7.90. The lowest BCUT2D eigenvalue weighted by atomic mass is 9.99. The number of pyridine rings is 1. The van der Waals surface area contributed by atoms with Crippen LogP contribution in [-0.4, -0.2) is 49.6 Å². The summed E-state index contributed by atoms with van der Waals surface area (Å²) in [6.07, 6.45) is 2.30. The van der Waals surface area contributed by atoms with Crippen molar-refractivity contribution >= 4 is 22.6 Å². The highest BCUT2D eigenvalue weighted by Gasteiger charge is 2.28. The molecule has 0 aromatic carbocycles. The number of amides is 1. The molecule has 1 fully saturated rings. The highest BCUT2D eigenvalue weighted by molar-refractivity contribution is 7.84. The lowest BCUT2D eigenvalue weighted by Crippen LogP contribution is -2.42. The van der Waals surface area contributed by atoms with Gasteiger partial charge in [-0.2, -0.15) is 0 Å². The Morgan fingerprint density at radius 1 is 1.40 bits per heavy atom. The molecular weight excluding hydrogens is 346 g/mol. The van der Waals surface area contributed by atoms with E-state index < -0.39 is 21.3 Å². The van der Waals surface area contributed by atoms with Gasteiger partial charge in [0.1, 0.15) is 16.8 Å². The van der Waals surface area contributed by atoms with Crippen LogP contribution < -0.4 is 0 Å². The molecule has 9 heteroatoms. The number of piperidine rings is 1. The van der Waals surface area contributed by atoms with E-state index >= 15 is 0 Å². The van der Waals surface area contributed by atoms with Crippen LogP contribution in [0.5, 0.6) is 0 Å². The summed E-state index contributed by atoms with van der Waals surface area (Å²) in [6, 6.07) is 2.75. The Kier molecular flexibility index (Phi) is 6.10. The summed E-state index contributed by atoms with van der Waals surface area (Å²) in [6.45, 7) is 6.64. The van der Waals surface area contributed by atoms with Crippen molar-refractivity contribution in [3.05, 3.63) is 28.4 Å². The molecule has 0 bridgehead atoms. The second-order valence-electron chi connectivity index (χ2n) is 7.03. The summed E-state index contributed by atoms with van der Waals surface area (Å²) in [7, 11) is -1.31. The summed E-state index contributed by atoms with van der Waals surface area (Å²) in [5.74, 6) is 0.656. The van der Waals surface area contributed by atoms with E-state index in [4.69, 9.17) is 4.74 Å². The number of rotatable bonds is 4. The average Bonchev–Trinajstić information content (AvgIpc) is 2.54.